The van der Waals surface area contributed by atoms with Crippen LogP contribution in [-0.2, 0) is 19.3 Å². The molecule has 2 aliphatic rings. The van der Waals surface area contributed by atoms with Crippen LogP contribution in [0.1, 0.15) is 41.0 Å². The molecule has 0 bridgehead atoms. The summed E-state index contributed by atoms with van der Waals surface area (Å²) >= 11 is 0. The van der Waals surface area contributed by atoms with Crippen LogP contribution < -0.4 is 4.72 Å². The van der Waals surface area contributed by atoms with Crippen molar-refractivity contribution in [2.75, 3.05) is 5.75 Å². The van der Waals surface area contributed by atoms with Crippen LogP contribution in [0, 0.1) is 0 Å². The second-order valence-corrected chi connectivity index (χ2v) is 9.00. The van der Waals surface area contributed by atoms with E-state index in [0.29, 0.717) is 6.42 Å². The molecule has 1 saturated heterocycles. The standard InChI is InChI=1S/C15H24BF2NO4S/c1-6-9-24(20,21)19-13-11(17)8-7-10(12(13)18)16-22-14(2,3)15(4,5)23-16/h7-8,12-13,19H,6,9H2,1-5H3. The molecule has 5 nitrogen and oxygen atoms in total. The van der Waals surface area contributed by atoms with Gasteiger partial charge in [-0.25, -0.2) is 21.9 Å². The molecule has 2 unspecified atom stereocenters. The summed E-state index contributed by atoms with van der Waals surface area (Å²) in [6.07, 6.45) is 0.753. The first-order valence-corrected chi connectivity index (χ1v) is 9.62. The van der Waals surface area contributed by atoms with Crippen molar-refractivity contribution in [1.29, 1.82) is 0 Å². The molecule has 136 valence electrons. The van der Waals surface area contributed by atoms with Gasteiger partial charge in [-0.3, -0.25) is 0 Å². The smallest absolute Gasteiger partial charge is 0.399 e. The van der Waals surface area contributed by atoms with E-state index >= 15 is 0 Å². The number of nitrogens with one attached hydrogen (secondary N) is 1. The Hall–Kier alpha value is -0.765. The molecule has 24 heavy (non-hydrogen) atoms. The molecule has 0 amide bonds. The minimum absolute atomic E-state index is 0.0687. The van der Waals surface area contributed by atoms with Crippen LogP contribution in [0.15, 0.2) is 23.5 Å². The van der Waals surface area contributed by atoms with Crippen LogP contribution >= 0.6 is 0 Å². The van der Waals surface area contributed by atoms with Crippen LogP contribution in [-0.4, -0.2) is 44.7 Å². The fourth-order valence-corrected chi connectivity index (χ4v) is 3.80. The minimum Gasteiger partial charge on any atom is -0.399 e. The lowest BCUT2D eigenvalue weighted by molar-refractivity contribution is 0.00578. The van der Waals surface area contributed by atoms with Crippen LogP contribution in [0.25, 0.3) is 0 Å². The van der Waals surface area contributed by atoms with E-state index in [4.69, 9.17) is 9.31 Å². The topological polar surface area (TPSA) is 64.6 Å². The third-order valence-corrected chi connectivity index (χ3v) is 6.21. The van der Waals surface area contributed by atoms with Gasteiger partial charge in [0.25, 0.3) is 0 Å². The molecule has 2 atom stereocenters. The fourth-order valence-electron chi connectivity index (χ4n) is 2.53. The zero-order valence-corrected chi connectivity index (χ0v) is 15.4. The summed E-state index contributed by atoms with van der Waals surface area (Å²) < 4.78 is 66.2. The van der Waals surface area contributed by atoms with Crippen molar-refractivity contribution in [2.24, 2.45) is 0 Å². The molecular formula is C15H24BF2NO4S. The van der Waals surface area contributed by atoms with E-state index in [1.165, 1.54) is 6.08 Å². The van der Waals surface area contributed by atoms with Gasteiger partial charge in [-0.15, -0.1) is 0 Å². The van der Waals surface area contributed by atoms with Crippen molar-refractivity contribution < 1.29 is 26.5 Å². The first-order chi connectivity index (χ1) is 10.9. The summed E-state index contributed by atoms with van der Waals surface area (Å²) in [5.74, 6) is -1.07. The highest BCUT2D eigenvalue weighted by molar-refractivity contribution is 7.89. The van der Waals surface area contributed by atoms with Gasteiger partial charge < -0.3 is 9.31 Å². The lowest BCUT2D eigenvalue weighted by Crippen LogP contribution is -2.47. The highest BCUT2D eigenvalue weighted by Gasteiger charge is 2.54. The molecule has 1 aliphatic heterocycles. The summed E-state index contributed by atoms with van der Waals surface area (Å²) in [6, 6.07) is -1.60. The number of allylic oxidation sites excluding steroid dienone is 2. The third-order valence-electron chi connectivity index (χ3n) is 4.65. The van der Waals surface area contributed by atoms with Crippen LogP contribution in [0.5, 0.6) is 0 Å². The summed E-state index contributed by atoms with van der Waals surface area (Å²) in [5.41, 5.74) is -1.27. The Morgan fingerprint density at radius 1 is 1.21 bits per heavy atom. The molecule has 2 rings (SSSR count). The Labute approximate surface area is 142 Å². The molecule has 1 fully saturated rings. The molecule has 0 spiro atoms. The van der Waals surface area contributed by atoms with Crippen molar-refractivity contribution in [3.8, 4) is 0 Å². The predicted octanol–water partition coefficient (Wildman–Crippen LogP) is 2.45. The van der Waals surface area contributed by atoms with Gasteiger partial charge in [0.1, 0.15) is 18.0 Å². The molecule has 0 aromatic carbocycles. The van der Waals surface area contributed by atoms with Crippen LogP contribution in [0.4, 0.5) is 8.78 Å². The maximum atomic E-state index is 14.9. The molecule has 0 aromatic heterocycles. The maximum absolute atomic E-state index is 14.9. The number of hydrogen-bond donors (Lipinski definition) is 1. The fraction of sp³-hybridized carbons (Fsp3) is 0.733. The van der Waals surface area contributed by atoms with Gasteiger partial charge in [-0.2, -0.15) is 0 Å². The number of hydrogen-bond acceptors (Lipinski definition) is 4. The van der Waals surface area contributed by atoms with Gasteiger partial charge in [-0.05, 0) is 45.7 Å². The number of rotatable bonds is 5. The van der Waals surface area contributed by atoms with Gasteiger partial charge in [0.2, 0.25) is 10.0 Å². The molecule has 0 radical (unpaired) electrons. The average molecular weight is 363 g/mol. The molecule has 1 heterocycles. The highest BCUT2D eigenvalue weighted by atomic mass is 32.2. The average Bonchev–Trinajstić information content (AvgIpc) is 2.63. The number of halogens is 2. The molecular weight excluding hydrogens is 339 g/mol. The SMILES string of the molecule is CCCS(=O)(=O)NC1C(F)=CC=C(B2OC(C)(C)C(C)(C)O2)C1F. The summed E-state index contributed by atoms with van der Waals surface area (Å²) in [7, 11) is -4.76. The van der Waals surface area contributed by atoms with Crippen molar-refractivity contribution in [3.63, 3.8) is 0 Å². The van der Waals surface area contributed by atoms with Crippen molar-refractivity contribution >= 4 is 17.1 Å². The minimum atomic E-state index is -3.77. The van der Waals surface area contributed by atoms with Gasteiger partial charge in [0, 0.05) is 0 Å². The van der Waals surface area contributed by atoms with Crippen LogP contribution in [0.2, 0.25) is 0 Å². The van der Waals surface area contributed by atoms with Gasteiger partial charge in [-0.1, -0.05) is 13.0 Å². The Morgan fingerprint density at radius 2 is 1.75 bits per heavy atom. The van der Waals surface area contributed by atoms with Crippen molar-refractivity contribution in [2.45, 2.75) is 64.5 Å². The van der Waals surface area contributed by atoms with E-state index in [1.54, 1.807) is 6.92 Å². The van der Waals surface area contributed by atoms with Crippen molar-refractivity contribution in [1.82, 2.24) is 4.72 Å². The zero-order valence-electron chi connectivity index (χ0n) is 14.6. The van der Waals surface area contributed by atoms with E-state index in [9.17, 15) is 17.2 Å². The molecule has 9 heteroatoms. The van der Waals surface area contributed by atoms with E-state index in [-0.39, 0.29) is 11.2 Å². The number of alkyl halides is 1. The van der Waals surface area contributed by atoms with Gasteiger partial charge in [0.05, 0.1) is 17.0 Å². The Bertz CT molecular complexity index is 644. The van der Waals surface area contributed by atoms with E-state index in [2.05, 4.69) is 4.72 Å². The van der Waals surface area contributed by atoms with Crippen molar-refractivity contribution in [3.05, 3.63) is 23.5 Å². The van der Waals surface area contributed by atoms with E-state index in [0.717, 1.165) is 6.08 Å². The molecule has 0 saturated carbocycles. The third kappa shape index (κ3) is 3.74. The lowest BCUT2D eigenvalue weighted by Gasteiger charge is -2.32. The Morgan fingerprint density at radius 3 is 2.25 bits per heavy atom. The quantitative estimate of drug-likeness (QED) is 0.762. The second-order valence-electron chi connectivity index (χ2n) is 7.12. The van der Waals surface area contributed by atoms with Crippen LogP contribution in [0.3, 0.4) is 0 Å². The monoisotopic (exact) mass is 363 g/mol. The maximum Gasteiger partial charge on any atom is 0.493 e. The van der Waals surface area contributed by atoms with Gasteiger partial charge >= 0.3 is 7.12 Å². The second kappa shape index (κ2) is 6.51. The predicted molar refractivity (Wildman–Crippen MR) is 89.3 cm³/mol. The first kappa shape index (κ1) is 19.6. The first-order valence-electron chi connectivity index (χ1n) is 7.97. The summed E-state index contributed by atoms with van der Waals surface area (Å²) in [4.78, 5) is 0. The summed E-state index contributed by atoms with van der Waals surface area (Å²) in [5, 5.41) is 0. The number of sulfonamides is 1. The van der Waals surface area contributed by atoms with E-state index < -0.39 is 46.4 Å². The van der Waals surface area contributed by atoms with E-state index in [1.807, 2.05) is 27.7 Å². The molecule has 1 aliphatic carbocycles. The Balaban J connectivity index is 2.23. The lowest BCUT2D eigenvalue weighted by atomic mass is 9.71. The highest BCUT2D eigenvalue weighted by Crippen LogP contribution is 2.40. The molecule has 0 aromatic rings. The zero-order chi connectivity index (χ0) is 18.3. The Kier molecular flexibility index (Phi) is 5.31. The molecule has 1 N–H and O–H groups in total. The summed E-state index contributed by atoms with van der Waals surface area (Å²) in [6.45, 7) is 8.96. The largest absolute Gasteiger partial charge is 0.493 e. The normalized spacial score (nSPS) is 29.4. The van der Waals surface area contributed by atoms with Gasteiger partial charge in [0.15, 0.2) is 0 Å².